The van der Waals surface area contributed by atoms with E-state index in [1.165, 1.54) is 25.7 Å². The summed E-state index contributed by atoms with van der Waals surface area (Å²) in [6, 6.07) is 0. The number of hydrogen-bond acceptors (Lipinski definition) is 2. The Kier molecular flexibility index (Phi) is 3.29. The Morgan fingerprint density at radius 3 is 2.27 bits per heavy atom. The Labute approximate surface area is 90.8 Å². The number of carboxylic acid groups (broad SMARTS) is 1. The molecule has 2 aliphatic rings. The first kappa shape index (κ1) is 10.9. The van der Waals surface area contributed by atoms with E-state index >= 15 is 0 Å². The van der Waals surface area contributed by atoms with Gasteiger partial charge in [-0.1, -0.05) is 25.7 Å². The maximum atomic E-state index is 10.9. The summed E-state index contributed by atoms with van der Waals surface area (Å²) in [6.45, 7) is 0.438. The van der Waals surface area contributed by atoms with Gasteiger partial charge in [-0.3, -0.25) is 4.79 Å². The molecule has 86 valence electrons. The van der Waals surface area contributed by atoms with Crippen LogP contribution in [0.15, 0.2) is 0 Å². The highest BCUT2D eigenvalue weighted by atomic mass is 16.5. The number of aliphatic carboxylic acids is 1. The molecule has 0 spiro atoms. The lowest BCUT2D eigenvalue weighted by molar-refractivity contribution is -0.147. The van der Waals surface area contributed by atoms with E-state index in [0.29, 0.717) is 12.7 Å². The van der Waals surface area contributed by atoms with Crippen molar-refractivity contribution in [2.75, 3.05) is 6.61 Å². The molecule has 0 radical (unpaired) electrons. The average Bonchev–Trinajstić information content (AvgIpc) is 3.01. The van der Waals surface area contributed by atoms with E-state index in [4.69, 9.17) is 9.84 Å². The minimum Gasteiger partial charge on any atom is -0.481 e. The molecule has 2 aliphatic carbocycles. The van der Waals surface area contributed by atoms with Crippen LogP contribution >= 0.6 is 0 Å². The summed E-state index contributed by atoms with van der Waals surface area (Å²) in [4.78, 5) is 10.9. The van der Waals surface area contributed by atoms with Crippen molar-refractivity contribution in [3.05, 3.63) is 0 Å². The second-order valence-corrected chi connectivity index (χ2v) is 5.01. The van der Waals surface area contributed by atoms with Crippen molar-refractivity contribution < 1.29 is 14.6 Å². The van der Waals surface area contributed by atoms with E-state index in [-0.39, 0.29) is 0 Å². The molecule has 0 bridgehead atoms. The van der Waals surface area contributed by atoms with Crippen molar-refractivity contribution in [1.29, 1.82) is 0 Å². The molecule has 0 heterocycles. The predicted octanol–water partition coefficient (Wildman–Crippen LogP) is 2.59. The summed E-state index contributed by atoms with van der Waals surface area (Å²) < 4.78 is 5.77. The zero-order chi connectivity index (χ0) is 10.7. The third kappa shape index (κ3) is 2.71. The van der Waals surface area contributed by atoms with Crippen molar-refractivity contribution in [3.63, 3.8) is 0 Å². The molecule has 0 aromatic heterocycles. The van der Waals surface area contributed by atoms with Gasteiger partial charge in [0.2, 0.25) is 0 Å². The molecule has 0 atom stereocenters. The van der Waals surface area contributed by atoms with Gasteiger partial charge in [-0.2, -0.15) is 0 Å². The topological polar surface area (TPSA) is 46.5 Å². The highest BCUT2D eigenvalue weighted by Crippen LogP contribution is 2.46. The van der Waals surface area contributed by atoms with Gasteiger partial charge in [0, 0.05) is 0 Å². The molecule has 0 saturated heterocycles. The smallest absolute Gasteiger partial charge is 0.311 e. The normalized spacial score (nSPS) is 25.9. The summed E-state index contributed by atoms with van der Waals surface area (Å²) in [5.74, 6) is -0.670. The molecular weight excluding hydrogens is 192 g/mol. The second-order valence-electron chi connectivity index (χ2n) is 5.01. The van der Waals surface area contributed by atoms with Crippen LogP contribution in [0, 0.1) is 5.41 Å². The van der Waals surface area contributed by atoms with E-state index in [2.05, 4.69) is 0 Å². The van der Waals surface area contributed by atoms with Gasteiger partial charge in [0.1, 0.15) is 0 Å². The van der Waals surface area contributed by atoms with Crippen molar-refractivity contribution in [3.8, 4) is 0 Å². The number of hydrogen-bond donors (Lipinski definition) is 1. The number of carbonyl (C=O) groups is 1. The van der Waals surface area contributed by atoms with Crippen molar-refractivity contribution in [2.24, 2.45) is 5.41 Å². The molecule has 2 fully saturated rings. The first-order valence-corrected chi connectivity index (χ1v) is 6.08. The van der Waals surface area contributed by atoms with Crippen molar-refractivity contribution in [2.45, 2.75) is 57.5 Å². The van der Waals surface area contributed by atoms with E-state index in [1.807, 2.05) is 0 Å². The first-order valence-electron chi connectivity index (χ1n) is 6.08. The van der Waals surface area contributed by atoms with E-state index in [9.17, 15) is 4.79 Å². The van der Waals surface area contributed by atoms with Gasteiger partial charge in [-0.25, -0.2) is 0 Å². The molecule has 3 nitrogen and oxygen atoms in total. The van der Waals surface area contributed by atoms with Crippen LogP contribution in [0.4, 0.5) is 0 Å². The lowest BCUT2D eigenvalue weighted by atomic mass is 10.1. The van der Waals surface area contributed by atoms with Gasteiger partial charge < -0.3 is 9.84 Å². The van der Waals surface area contributed by atoms with Crippen molar-refractivity contribution in [1.82, 2.24) is 0 Å². The average molecular weight is 212 g/mol. The van der Waals surface area contributed by atoms with Crippen LogP contribution in [-0.4, -0.2) is 23.8 Å². The van der Waals surface area contributed by atoms with Gasteiger partial charge >= 0.3 is 5.97 Å². The molecular formula is C12H20O3. The number of ether oxygens (including phenoxy) is 1. The molecule has 2 saturated carbocycles. The lowest BCUT2D eigenvalue weighted by Gasteiger charge is -2.18. The van der Waals surface area contributed by atoms with Crippen LogP contribution in [0.2, 0.25) is 0 Å². The Morgan fingerprint density at radius 2 is 1.80 bits per heavy atom. The van der Waals surface area contributed by atoms with Gasteiger partial charge in [0.25, 0.3) is 0 Å². The van der Waals surface area contributed by atoms with Crippen LogP contribution in [0.25, 0.3) is 0 Å². The fourth-order valence-corrected chi connectivity index (χ4v) is 2.26. The first-order chi connectivity index (χ1) is 7.23. The van der Waals surface area contributed by atoms with Crippen LogP contribution in [0.5, 0.6) is 0 Å². The largest absolute Gasteiger partial charge is 0.481 e. The fourth-order valence-electron chi connectivity index (χ4n) is 2.26. The van der Waals surface area contributed by atoms with E-state index in [0.717, 1.165) is 25.7 Å². The SMILES string of the molecule is O=C(O)C1(COC2CCCCCC2)CC1. The zero-order valence-electron chi connectivity index (χ0n) is 9.21. The fraction of sp³-hybridized carbons (Fsp3) is 0.917. The molecule has 3 heteroatoms. The van der Waals surface area contributed by atoms with Gasteiger partial charge in [0.15, 0.2) is 0 Å². The van der Waals surface area contributed by atoms with E-state index < -0.39 is 11.4 Å². The summed E-state index contributed by atoms with van der Waals surface area (Å²) in [6.07, 6.45) is 9.27. The molecule has 1 N–H and O–H groups in total. The predicted molar refractivity (Wildman–Crippen MR) is 56.7 cm³/mol. The molecule has 0 aromatic rings. The van der Waals surface area contributed by atoms with Gasteiger partial charge in [-0.05, 0) is 25.7 Å². The van der Waals surface area contributed by atoms with Gasteiger partial charge in [-0.15, -0.1) is 0 Å². The molecule has 0 unspecified atom stereocenters. The Hall–Kier alpha value is -0.570. The third-order valence-corrected chi connectivity index (χ3v) is 3.70. The Balaban J connectivity index is 1.74. The monoisotopic (exact) mass is 212 g/mol. The minimum atomic E-state index is -0.670. The molecule has 15 heavy (non-hydrogen) atoms. The summed E-state index contributed by atoms with van der Waals surface area (Å²) >= 11 is 0. The summed E-state index contributed by atoms with van der Waals surface area (Å²) in [7, 11) is 0. The van der Waals surface area contributed by atoms with Crippen LogP contribution in [-0.2, 0) is 9.53 Å². The number of carboxylic acids is 1. The van der Waals surface area contributed by atoms with Crippen LogP contribution in [0.3, 0.4) is 0 Å². The zero-order valence-corrected chi connectivity index (χ0v) is 9.21. The maximum Gasteiger partial charge on any atom is 0.311 e. The molecule has 0 aromatic carbocycles. The van der Waals surface area contributed by atoms with Gasteiger partial charge in [0.05, 0.1) is 18.1 Å². The third-order valence-electron chi connectivity index (χ3n) is 3.70. The Bertz CT molecular complexity index is 225. The second kappa shape index (κ2) is 4.52. The highest BCUT2D eigenvalue weighted by molar-refractivity contribution is 5.77. The lowest BCUT2D eigenvalue weighted by Crippen LogP contribution is -2.25. The van der Waals surface area contributed by atoms with Crippen LogP contribution < -0.4 is 0 Å². The molecule has 0 amide bonds. The Morgan fingerprint density at radius 1 is 1.20 bits per heavy atom. The summed E-state index contributed by atoms with van der Waals surface area (Å²) in [5, 5.41) is 9.01. The minimum absolute atomic E-state index is 0.323. The molecule has 0 aliphatic heterocycles. The standard InChI is InChI=1S/C12H20O3/c13-11(14)12(7-8-12)9-15-10-5-3-1-2-4-6-10/h10H,1-9H2,(H,13,14). The highest BCUT2D eigenvalue weighted by Gasteiger charge is 2.50. The van der Waals surface area contributed by atoms with Crippen molar-refractivity contribution >= 4 is 5.97 Å². The summed E-state index contributed by atoms with van der Waals surface area (Å²) in [5.41, 5.74) is -0.508. The molecule has 2 rings (SSSR count). The van der Waals surface area contributed by atoms with Crippen LogP contribution in [0.1, 0.15) is 51.4 Å². The maximum absolute atomic E-state index is 10.9. The quantitative estimate of drug-likeness (QED) is 0.728. The van der Waals surface area contributed by atoms with E-state index in [1.54, 1.807) is 0 Å². The number of rotatable bonds is 4.